The van der Waals surface area contributed by atoms with Crippen LogP contribution in [0.15, 0.2) is 167 Å². The van der Waals surface area contributed by atoms with Gasteiger partial charge in [-0.1, -0.05) is 97.1 Å². The Hall–Kier alpha value is -6.20. The van der Waals surface area contributed by atoms with Crippen molar-refractivity contribution < 1.29 is 8.83 Å². The average molecular weight is 699 g/mol. The molecular weight excluding hydrogens is 673 g/mol. The molecule has 0 aliphatic rings. The number of furan rings is 2. The van der Waals surface area contributed by atoms with Crippen LogP contribution in [0.1, 0.15) is 0 Å². The summed E-state index contributed by atoms with van der Waals surface area (Å²) in [6, 6.07) is 57.0. The molecule has 0 saturated carbocycles. The van der Waals surface area contributed by atoms with E-state index in [0.29, 0.717) is 0 Å². The molecule has 0 aliphatic heterocycles. The van der Waals surface area contributed by atoms with Gasteiger partial charge in [0.25, 0.3) is 0 Å². The molecule has 0 bridgehead atoms. The SMILES string of the molecule is c1ccc2sc(-c3cc4c5ccc(-c6ccc7c(c6)oc6c8ccccc8c(-c8cc9ccccc9s8)cc76)cc5oc4c4ccccc34)cc2c1. The minimum absolute atomic E-state index is 0.884. The highest BCUT2D eigenvalue weighted by molar-refractivity contribution is 7.22. The van der Waals surface area contributed by atoms with E-state index in [1.807, 2.05) is 22.7 Å². The van der Waals surface area contributed by atoms with E-state index in [2.05, 4.69) is 158 Å². The maximum atomic E-state index is 6.72. The summed E-state index contributed by atoms with van der Waals surface area (Å²) in [5.41, 5.74) is 8.31. The van der Waals surface area contributed by atoms with Crippen molar-refractivity contribution in [3.8, 4) is 32.0 Å². The van der Waals surface area contributed by atoms with E-state index in [9.17, 15) is 0 Å². The molecule has 4 heteroatoms. The third kappa shape index (κ3) is 4.11. The molecule has 0 saturated heterocycles. The zero-order chi connectivity index (χ0) is 33.9. The predicted octanol–water partition coefficient (Wildman–Crippen LogP) is 15.2. The molecule has 8 aromatic carbocycles. The Morgan fingerprint density at radius 3 is 1.21 bits per heavy atom. The first-order chi connectivity index (χ1) is 25.7. The molecule has 242 valence electrons. The highest BCUT2D eigenvalue weighted by Gasteiger charge is 2.19. The van der Waals surface area contributed by atoms with Crippen LogP contribution in [-0.2, 0) is 0 Å². The highest BCUT2D eigenvalue weighted by atomic mass is 32.1. The summed E-state index contributed by atoms with van der Waals surface area (Å²) in [7, 11) is 0. The van der Waals surface area contributed by atoms with Crippen molar-refractivity contribution in [2.24, 2.45) is 0 Å². The molecule has 52 heavy (non-hydrogen) atoms. The molecule has 0 fully saturated rings. The standard InChI is InChI=1S/C48H26O2S2/c1-7-15-43-29(9-1)23-45(51-43)37-25-39-33-19-17-27(21-41(33)49-47(39)35-13-5-3-11-31(35)37)28-18-20-34-40-26-38(46-24-30-10-2-8-16-44(30)52-46)32-12-4-6-14-36(32)48(40)50-42(34)22-28/h1-26H. The van der Waals surface area contributed by atoms with Crippen molar-refractivity contribution in [2.75, 3.05) is 0 Å². The lowest BCUT2D eigenvalue weighted by Gasteiger charge is -2.06. The quantitative estimate of drug-likeness (QED) is 0.184. The van der Waals surface area contributed by atoms with Gasteiger partial charge >= 0.3 is 0 Å². The molecule has 0 N–H and O–H groups in total. The average Bonchev–Trinajstić information content (AvgIpc) is 3.99. The van der Waals surface area contributed by atoms with Crippen LogP contribution in [0.4, 0.5) is 0 Å². The van der Waals surface area contributed by atoms with Gasteiger partial charge in [-0.15, -0.1) is 22.7 Å². The Morgan fingerprint density at radius 1 is 0.327 bits per heavy atom. The largest absolute Gasteiger partial charge is 0.455 e. The summed E-state index contributed by atoms with van der Waals surface area (Å²) in [4.78, 5) is 2.54. The van der Waals surface area contributed by atoms with E-state index in [1.54, 1.807) is 0 Å². The fourth-order valence-corrected chi connectivity index (χ4v) is 10.4. The predicted molar refractivity (Wildman–Crippen MR) is 223 cm³/mol. The molecule has 4 aromatic heterocycles. The van der Waals surface area contributed by atoms with Gasteiger partial charge in [-0.3, -0.25) is 0 Å². The second-order valence-electron chi connectivity index (χ2n) is 13.6. The van der Waals surface area contributed by atoms with Crippen LogP contribution in [-0.4, -0.2) is 0 Å². The lowest BCUT2D eigenvalue weighted by Crippen LogP contribution is -1.80. The van der Waals surface area contributed by atoms with Gasteiger partial charge in [-0.2, -0.15) is 0 Å². The Bertz CT molecular complexity index is 3130. The first-order valence-electron chi connectivity index (χ1n) is 17.5. The van der Waals surface area contributed by atoms with Crippen molar-refractivity contribution in [1.29, 1.82) is 0 Å². The van der Waals surface area contributed by atoms with Crippen LogP contribution in [0.5, 0.6) is 0 Å². The van der Waals surface area contributed by atoms with E-state index in [-0.39, 0.29) is 0 Å². The third-order valence-electron chi connectivity index (χ3n) is 10.7. The van der Waals surface area contributed by atoms with Gasteiger partial charge in [-0.05, 0) is 93.3 Å². The van der Waals surface area contributed by atoms with Gasteiger partial charge in [0.1, 0.15) is 22.3 Å². The number of rotatable bonds is 3. The third-order valence-corrected chi connectivity index (χ3v) is 13.0. The van der Waals surface area contributed by atoms with E-state index in [1.165, 1.54) is 51.8 Å². The summed E-state index contributed by atoms with van der Waals surface area (Å²) in [5, 5.41) is 11.8. The first kappa shape index (κ1) is 28.5. The monoisotopic (exact) mass is 698 g/mol. The number of benzene rings is 8. The molecule has 2 nitrogen and oxygen atoms in total. The minimum atomic E-state index is 0.884. The summed E-state index contributed by atoms with van der Waals surface area (Å²) in [5.74, 6) is 0. The molecule has 0 radical (unpaired) electrons. The normalized spacial score (nSPS) is 12.2. The van der Waals surface area contributed by atoms with Gasteiger partial charge in [0.15, 0.2) is 0 Å². The summed E-state index contributed by atoms with van der Waals surface area (Å²) in [6.07, 6.45) is 0. The molecule has 4 heterocycles. The Kier molecular flexibility index (Phi) is 5.84. The van der Waals surface area contributed by atoms with Gasteiger partial charge in [0, 0.05) is 62.6 Å². The Balaban J connectivity index is 1.01. The maximum absolute atomic E-state index is 6.72. The topological polar surface area (TPSA) is 26.3 Å². The smallest absolute Gasteiger partial charge is 0.143 e. The highest BCUT2D eigenvalue weighted by Crippen LogP contribution is 2.46. The van der Waals surface area contributed by atoms with Crippen molar-refractivity contribution in [3.05, 3.63) is 158 Å². The number of fused-ring (bicyclic) bond motifs is 12. The zero-order valence-electron chi connectivity index (χ0n) is 27.6. The number of hydrogen-bond donors (Lipinski definition) is 0. The second kappa shape index (κ2) is 10.7. The van der Waals surface area contributed by atoms with E-state index < -0.39 is 0 Å². The van der Waals surface area contributed by atoms with E-state index in [0.717, 1.165) is 65.8 Å². The van der Waals surface area contributed by atoms with E-state index >= 15 is 0 Å². The van der Waals surface area contributed by atoms with Gasteiger partial charge < -0.3 is 8.83 Å². The summed E-state index contributed by atoms with van der Waals surface area (Å²) < 4.78 is 16.0. The number of hydrogen-bond acceptors (Lipinski definition) is 4. The molecule has 0 atom stereocenters. The molecule has 0 unspecified atom stereocenters. The number of thiophene rings is 2. The molecule has 0 spiro atoms. The van der Waals surface area contributed by atoms with Crippen LogP contribution < -0.4 is 0 Å². The molecule has 0 amide bonds. The van der Waals surface area contributed by atoms with Crippen LogP contribution in [0, 0.1) is 0 Å². The Morgan fingerprint density at radius 2 is 0.750 bits per heavy atom. The van der Waals surface area contributed by atoms with Gasteiger partial charge in [0.05, 0.1) is 0 Å². The lowest BCUT2D eigenvalue weighted by atomic mass is 9.97. The van der Waals surface area contributed by atoms with Crippen LogP contribution in [0.3, 0.4) is 0 Å². The summed E-state index contributed by atoms with van der Waals surface area (Å²) >= 11 is 3.69. The van der Waals surface area contributed by atoms with Crippen molar-refractivity contribution in [1.82, 2.24) is 0 Å². The lowest BCUT2D eigenvalue weighted by molar-refractivity contribution is 0.672. The second-order valence-corrected chi connectivity index (χ2v) is 15.8. The van der Waals surface area contributed by atoms with Crippen LogP contribution in [0.2, 0.25) is 0 Å². The fourth-order valence-electron chi connectivity index (χ4n) is 8.19. The fraction of sp³-hybridized carbons (Fsp3) is 0. The summed E-state index contributed by atoms with van der Waals surface area (Å²) in [6.45, 7) is 0. The molecule has 12 rings (SSSR count). The van der Waals surface area contributed by atoms with Crippen LogP contribution in [0.25, 0.3) is 118 Å². The maximum Gasteiger partial charge on any atom is 0.143 e. The van der Waals surface area contributed by atoms with Crippen molar-refractivity contribution in [3.63, 3.8) is 0 Å². The first-order valence-corrected chi connectivity index (χ1v) is 19.1. The van der Waals surface area contributed by atoms with Crippen LogP contribution >= 0.6 is 22.7 Å². The zero-order valence-corrected chi connectivity index (χ0v) is 29.3. The van der Waals surface area contributed by atoms with Crippen molar-refractivity contribution in [2.45, 2.75) is 0 Å². The van der Waals surface area contributed by atoms with E-state index in [4.69, 9.17) is 8.83 Å². The minimum Gasteiger partial charge on any atom is -0.455 e. The van der Waals surface area contributed by atoms with Crippen molar-refractivity contribution >= 4 is 108 Å². The molecule has 12 aromatic rings. The molecule has 0 aliphatic carbocycles. The molecular formula is C48H26O2S2. The van der Waals surface area contributed by atoms with Gasteiger partial charge in [0.2, 0.25) is 0 Å². The van der Waals surface area contributed by atoms with Gasteiger partial charge in [-0.25, -0.2) is 0 Å². The Labute approximate surface area is 305 Å².